The third-order valence-corrected chi connectivity index (χ3v) is 5.53. The number of piperidine rings is 1. The van der Waals surface area contributed by atoms with Gasteiger partial charge in [-0.1, -0.05) is 18.7 Å². The van der Waals surface area contributed by atoms with E-state index in [-0.39, 0.29) is 12.8 Å². The molecule has 0 saturated carbocycles. The molecule has 0 aliphatic carbocycles. The molecule has 5 nitrogen and oxygen atoms in total. The van der Waals surface area contributed by atoms with Crippen molar-refractivity contribution in [1.29, 1.82) is 0 Å². The number of hydrogen-bond donors (Lipinski definition) is 1. The molecule has 0 spiro atoms. The van der Waals surface area contributed by atoms with Crippen molar-refractivity contribution >= 4 is 16.6 Å². The van der Waals surface area contributed by atoms with E-state index in [1.165, 1.54) is 0 Å². The van der Waals surface area contributed by atoms with Crippen LogP contribution >= 0.6 is 0 Å². The Bertz CT molecular complexity index is 1050. The van der Waals surface area contributed by atoms with Gasteiger partial charge < -0.3 is 5.32 Å². The molecule has 0 amide bonds. The van der Waals surface area contributed by atoms with Crippen molar-refractivity contribution in [2.75, 3.05) is 25.0 Å². The monoisotopic (exact) mass is 415 g/mol. The van der Waals surface area contributed by atoms with E-state index in [0.29, 0.717) is 25.5 Å². The summed E-state index contributed by atoms with van der Waals surface area (Å²) in [5.74, 6) is -0.521. The van der Waals surface area contributed by atoms with Crippen LogP contribution in [-0.4, -0.2) is 45.5 Å². The third-order valence-electron chi connectivity index (χ3n) is 5.53. The van der Waals surface area contributed by atoms with Gasteiger partial charge >= 0.3 is 6.18 Å². The van der Waals surface area contributed by atoms with Crippen LogP contribution in [0.2, 0.25) is 0 Å². The highest BCUT2D eigenvalue weighted by atomic mass is 19.4. The molecule has 3 aromatic rings. The molecule has 1 N–H and O–H groups in total. The predicted molar refractivity (Wildman–Crippen MR) is 112 cm³/mol. The van der Waals surface area contributed by atoms with Gasteiger partial charge in [0.2, 0.25) is 0 Å². The number of anilines is 1. The van der Waals surface area contributed by atoms with Gasteiger partial charge in [-0.05, 0) is 49.0 Å². The molecule has 1 saturated heterocycles. The minimum atomic E-state index is -4.09. The number of likely N-dealkylation sites (tertiary alicyclic amines) is 1. The van der Waals surface area contributed by atoms with E-state index in [2.05, 4.69) is 28.0 Å². The zero-order chi connectivity index (χ0) is 21.3. The van der Waals surface area contributed by atoms with E-state index in [4.69, 9.17) is 0 Å². The van der Waals surface area contributed by atoms with Crippen LogP contribution in [-0.2, 0) is 7.05 Å². The van der Waals surface area contributed by atoms with Crippen molar-refractivity contribution in [1.82, 2.24) is 19.7 Å². The molecule has 2 aromatic heterocycles. The lowest BCUT2D eigenvalue weighted by Crippen LogP contribution is -2.40. The second-order valence-corrected chi connectivity index (χ2v) is 7.85. The van der Waals surface area contributed by atoms with Crippen molar-refractivity contribution in [3.05, 3.63) is 55.1 Å². The summed E-state index contributed by atoms with van der Waals surface area (Å²) < 4.78 is 40.2. The van der Waals surface area contributed by atoms with Gasteiger partial charge in [0, 0.05) is 42.6 Å². The standard InChI is InChI=1S/C22H24F3N5/c1-15(13-30-7-5-20(6-8-30)22(23,24)25)28-21-10-18-9-16(3-4-17(18)11-26-21)19-12-27-29(2)14-19/h3-4,9-12,14,20H,1,5-8,13H2,2H3,(H,26,28). The first kappa shape index (κ1) is 20.4. The molecule has 0 unspecified atom stereocenters. The molecular formula is C22H24F3N5. The van der Waals surface area contributed by atoms with Gasteiger partial charge in [0.25, 0.3) is 0 Å². The number of aryl methyl sites for hydroxylation is 1. The molecular weight excluding hydrogens is 391 g/mol. The number of rotatable bonds is 5. The quantitative estimate of drug-likeness (QED) is 0.648. The number of hydrogen-bond acceptors (Lipinski definition) is 4. The Morgan fingerprint density at radius 3 is 2.57 bits per heavy atom. The summed E-state index contributed by atoms with van der Waals surface area (Å²) in [5, 5.41) is 9.47. The molecule has 0 bridgehead atoms. The van der Waals surface area contributed by atoms with E-state index in [1.807, 2.05) is 42.5 Å². The van der Waals surface area contributed by atoms with Gasteiger partial charge in [-0.15, -0.1) is 0 Å². The van der Waals surface area contributed by atoms with Gasteiger partial charge in [-0.25, -0.2) is 4.98 Å². The molecule has 1 aromatic carbocycles. The minimum Gasteiger partial charge on any atom is -0.343 e. The summed E-state index contributed by atoms with van der Waals surface area (Å²) >= 11 is 0. The summed E-state index contributed by atoms with van der Waals surface area (Å²) in [5.41, 5.74) is 2.83. The van der Waals surface area contributed by atoms with Crippen molar-refractivity contribution in [2.45, 2.75) is 19.0 Å². The first-order chi connectivity index (χ1) is 14.3. The molecule has 4 rings (SSSR count). The average molecular weight is 415 g/mol. The lowest BCUT2D eigenvalue weighted by atomic mass is 9.96. The van der Waals surface area contributed by atoms with Crippen LogP contribution in [0.4, 0.5) is 19.0 Å². The number of nitrogens with one attached hydrogen (secondary N) is 1. The van der Waals surface area contributed by atoms with E-state index in [1.54, 1.807) is 10.9 Å². The third kappa shape index (κ3) is 4.64. The van der Waals surface area contributed by atoms with Crippen LogP contribution in [0.5, 0.6) is 0 Å². The summed E-state index contributed by atoms with van der Waals surface area (Å²) in [7, 11) is 1.88. The molecule has 0 atom stereocenters. The predicted octanol–water partition coefficient (Wildman–Crippen LogP) is 4.84. The fraction of sp³-hybridized carbons (Fsp3) is 0.364. The smallest absolute Gasteiger partial charge is 0.343 e. The SMILES string of the molecule is C=C(CN1CCC(C(F)(F)F)CC1)Nc1cc2cc(-c3cnn(C)c3)ccc2cn1. The maximum Gasteiger partial charge on any atom is 0.391 e. The van der Waals surface area contributed by atoms with Crippen molar-refractivity contribution in [2.24, 2.45) is 13.0 Å². The first-order valence-electron chi connectivity index (χ1n) is 9.90. The Kier molecular flexibility index (Phi) is 5.51. The van der Waals surface area contributed by atoms with Crippen LogP contribution in [0.3, 0.4) is 0 Å². The maximum absolute atomic E-state index is 12.8. The first-order valence-corrected chi connectivity index (χ1v) is 9.90. The Labute approximate surface area is 173 Å². The molecule has 158 valence electrons. The van der Waals surface area contributed by atoms with Crippen LogP contribution in [0, 0.1) is 5.92 Å². The normalized spacial score (nSPS) is 16.1. The van der Waals surface area contributed by atoms with E-state index < -0.39 is 12.1 Å². The van der Waals surface area contributed by atoms with E-state index in [0.717, 1.165) is 27.6 Å². The second-order valence-electron chi connectivity index (χ2n) is 7.85. The van der Waals surface area contributed by atoms with E-state index in [9.17, 15) is 13.2 Å². The molecule has 30 heavy (non-hydrogen) atoms. The van der Waals surface area contributed by atoms with Crippen LogP contribution in [0.1, 0.15) is 12.8 Å². The van der Waals surface area contributed by atoms with Gasteiger partial charge in [0.1, 0.15) is 5.82 Å². The van der Waals surface area contributed by atoms with Gasteiger partial charge in [0.05, 0.1) is 12.1 Å². The number of halogens is 3. The molecule has 0 radical (unpaired) electrons. The topological polar surface area (TPSA) is 46.0 Å². The van der Waals surface area contributed by atoms with Gasteiger partial charge in [0.15, 0.2) is 0 Å². The van der Waals surface area contributed by atoms with E-state index >= 15 is 0 Å². The van der Waals surface area contributed by atoms with Crippen molar-refractivity contribution in [3.8, 4) is 11.1 Å². The molecule has 1 fully saturated rings. The van der Waals surface area contributed by atoms with Gasteiger partial charge in [-0.2, -0.15) is 18.3 Å². The highest BCUT2D eigenvalue weighted by Gasteiger charge is 2.40. The second kappa shape index (κ2) is 8.10. The van der Waals surface area contributed by atoms with Crippen LogP contribution < -0.4 is 5.32 Å². The lowest BCUT2D eigenvalue weighted by Gasteiger charge is -2.33. The van der Waals surface area contributed by atoms with Crippen molar-refractivity contribution < 1.29 is 13.2 Å². The average Bonchev–Trinajstić information content (AvgIpc) is 3.13. The molecule has 1 aliphatic rings. The fourth-order valence-corrected chi connectivity index (χ4v) is 3.87. The number of nitrogens with zero attached hydrogens (tertiary/aromatic N) is 4. The summed E-state index contributed by atoms with van der Waals surface area (Å²) in [4.78, 5) is 6.43. The number of pyridine rings is 1. The molecule has 1 aliphatic heterocycles. The molecule has 3 heterocycles. The minimum absolute atomic E-state index is 0.141. The Morgan fingerprint density at radius 1 is 1.13 bits per heavy atom. The zero-order valence-electron chi connectivity index (χ0n) is 16.8. The fourth-order valence-electron chi connectivity index (χ4n) is 3.87. The lowest BCUT2D eigenvalue weighted by molar-refractivity contribution is -0.184. The number of fused-ring (bicyclic) bond motifs is 1. The van der Waals surface area contributed by atoms with Crippen molar-refractivity contribution in [3.63, 3.8) is 0 Å². The Balaban J connectivity index is 1.40. The summed E-state index contributed by atoms with van der Waals surface area (Å²) in [6.07, 6.45) is 1.78. The number of alkyl halides is 3. The number of aromatic nitrogens is 3. The largest absolute Gasteiger partial charge is 0.391 e. The maximum atomic E-state index is 12.8. The highest BCUT2D eigenvalue weighted by Crippen LogP contribution is 2.34. The molecule has 8 heteroatoms. The summed E-state index contributed by atoms with van der Waals surface area (Å²) in [6.45, 7) is 5.38. The van der Waals surface area contributed by atoms with Gasteiger partial charge in [-0.3, -0.25) is 9.58 Å². The Morgan fingerprint density at radius 2 is 1.90 bits per heavy atom. The Hall–Kier alpha value is -2.87. The number of benzene rings is 1. The van der Waals surface area contributed by atoms with Crippen LogP contribution in [0.15, 0.2) is 55.1 Å². The summed E-state index contributed by atoms with van der Waals surface area (Å²) in [6, 6.07) is 8.10. The highest BCUT2D eigenvalue weighted by molar-refractivity contribution is 5.88. The zero-order valence-corrected chi connectivity index (χ0v) is 16.8. The van der Waals surface area contributed by atoms with Crippen LogP contribution in [0.25, 0.3) is 21.9 Å².